The summed E-state index contributed by atoms with van der Waals surface area (Å²) < 4.78 is 5.03. The number of hydrogen-bond donors (Lipinski definition) is 3. The topological polar surface area (TPSA) is 110 Å². The molecular weight excluding hydrogens is 328 g/mol. The van der Waals surface area contributed by atoms with Crippen molar-refractivity contribution < 1.29 is 9.53 Å². The number of aromatic amines is 1. The predicted molar refractivity (Wildman–Crippen MR) is 86.6 cm³/mol. The second kappa shape index (κ2) is 7.19. The van der Waals surface area contributed by atoms with Gasteiger partial charge in [0.05, 0.1) is 17.9 Å². The molecule has 0 radical (unpaired) electrons. The Morgan fingerprint density at radius 3 is 2.91 bits per heavy atom. The van der Waals surface area contributed by atoms with Crippen molar-refractivity contribution in [3.05, 3.63) is 39.6 Å². The van der Waals surface area contributed by atoms with E-state index in [4.69, 9.17) is 22.1 Å². The number of hydrogen-bond acceptors (Lipinski definition) is 6. The largest absolute Gasteiger partial charge is 0.495 e. The first-order chi connectivity index (χ1) is 10.5. The van der Waals surface area contributed by atoms with E-state index < -0.39 is 0 Å². The van der Waals surface area contributed by atoms with Gasteiger partial charge in [0.2, 0.25) is 5.91 Å². The maximum Gasteiger partial charge on any atom is 0.253 e. The molecule has 1 heterocycles. The van der Waals surface area contributed by atoms with Gasteiger partial charge in [-0.25, -0.2) is 4.98 Å². The van der Waals surface area contributed by atoms with Gasteiger partial charge in [0.25, 0.3) is 5.56 Å². The number of benzene rings is 1. The molecule has 7 nitrogen and oxygen atoms in total. The number of amides is 1. The summed E-state index contributed by atoms with van der Waals surface area (Å²) in [6.07, 6.45) is 0. The number of thioether (sulfide) groups is 1. The maximum atomic E-state index is 11.9. The third-order valence-corrected chi connectivity index (χ3v) is 3.68. The van der Waals surface area contributed by atoms with Gasteiger partial charge < -0.3 is 20.8 Å². The van der Waals surface area contributed by atoms with Crippen LogP contribution in [0.1, 0.15) is 0 Å². The third-order valence-electron chi connectivity index (χ3n) is 2.52. The number of H-pyrrole nitrogens is 1. The second-order valence-corrected chi connectivity index (χ2v) is 5.53. The Balaban J connectivity index is 1.95. The first-order valence-corrected chi connectivity index (χ1v) is 7.47. The number of anilines is 2. The first kappa shape index (κ1) is 16.2. The molecule has 2 aromatic rings. The molecule has 1 aromatic heterocycles. The van der Waals surface area contributed by atoms with Crippen LogP contribution in [0.15, 0.2) is 34.2 Å². The lowest BCUT2D eigenvalue weighted by atomic mass is 10.3. The average molecular weight is 341 g/mol. The van der Waals surface area contributed by atoms with E-state index in [9.17, 15) is 9.59 Å². The van der Waals surface area contributed by atoms with Crippen molar-refractivity contribution in [2.75, 3.05) is 23.9 Å². The van der Waals surface area contributed by atoms with Gasteiger partial charge in [-0.1, -0.05) is 23.4 Å². The number of carbonyl (C=O) groups excluding carboxylic acids is 1. The van der Waals surface area contributed by atoms with Crippen LogP contribution in [0.4, 0.5) is 11.5 Å². The Bertz CT molecular complexity index is 750. The molecule has 0 atom stereocenters. The number of halogens is 1. The number of nitrogen functional groups attached to an aromatic ring is 1. The van der Waals surface area contributed by atoms with Gasteiger partial charge in [0, 0.05) is 11.8 Å². The summed E-state index contributed by atoms with van der Waals surface area (Å²) in [6.45, 7) is 0. The normalized spacial score (nSPS) is 10.3. The van der Waals surface area contributed by atoms with Crippen molar-refractivity contribution >= 4 is 40.8 Å². The molecule has 0 aliphatic carbocycles. The second-order valence-electron chi connectivity index (χ2n) is 4.16. The summed E-state index contributed by atoms with van der Waals surface area (Å²) in [5, 5.41) is 3.37. The van der Waals surface area contributed by atoms with Crippen molar-refractivity contribution in [3.8, 4) is 5.75 Å². The standard InChI is InChI=1S/C13H13ClN4O3S/c1-21-9-3-2-7(4-8(9)14)16-12(20)6-22-13-17-10(15)5-11(19)18-13/h2-5H,6H2,1H3,(H,16,20)(H3,15,17,18,19). The molecule has 1 amide bonds. The molecule has 0 saturated carbocycles. The minimum atomic E-state index is -0.364. The fourth-order valence-corrected chi connectivity index (χ4v) is 2.54. The zero-order valence-electron chi connectivity index (χ0n) is 11.6. The monoisotopic (exact) mass is 340 g/mol. The molecule has 0 fully saturated rings. The molecular formula is C13H13ClN4O3S. The quantitative estimate of drug-likeness (QED) is 0.565. The van der Waals surface area contributed by atoms with Crippen LogP contribution in [-0.4, -0.2) is 28.7 Å². The van der Waals surface area contributed by atoms with Crippen LogP contribution in [0.25, 0.3) is 0 Å². The summed E-state index contributed by atoms with van der Waals surface area (Å²) >= 11 is 7.05. The number of rotatable bonds is 5. The van der Waals surface area contributed by atoms with Gasteiger partial charge in [-0.2, -0.15) is 0 Å². The van der Waals surface area contributed by atoms with Crippen molar-refractivity contribution in [3.63, 3.8) is 0 Å². The molecule has 0 spiro atoms. The number of aromatic nitrogens is 2. The number of methoxy groups -OCH3 is 1. The van der Waals surface area contributed by atoms with E-state index in [0.717, 1.165) is 11.8 Å². The number of ether oxygens (including phenoxy) is 1. The molecule has 1 aromatic carbocycles. The van der Waals surface area contributed by atoms with Crippen LogP contribution >= 0.6 is 23.4 Å². The van der Waals surface area contributed by atoms with Crippen molar-refractivity contribution in [2.24, 2.45) is 0 Å². The van der Waals surface area contributed by atoms with E-state index in [1.54, 1.807) is 18.2 Å². The minimum absolute atomic E-state index is 0.0655. The van der Waals surface area contributed by atoms with Crippen LogP contribution < -0.4 is 21.3 Å². The Hall–Kier alpha value is -2.19. The predicted octanol–water partition coefficient (Wildman–Crippen LogP) is 1.74. The van der Waals surface area contributed by atoms with Crippen LogP contribution in [-0.2, 0) is 4.79 Å². The average Bonchev–Trinajstić information content (AvgIpc) is 2.44. The molecule has 0 aliphatic rings. The summed E-state index contributed by atoms with van der Waals surface area (Å²) in [4.78, 5) is 29.5. The van der Waals surface area contributed by atoms with E-state index in [0.29, 0.717) is 16.5 Å². The van der Waals surface area contributed by atoms with Crippen LogP contribution in [0.5, 0.6) is 5.75 Å². The van der Waals surface area contributed by atoms with Crippen molar-refractivity contribution in [2.45, 2.75) is 5.16 Å². The minimum Gasteiger partial charge on any atom is -0.495 e. The molecule has 0 aliphatic heterocycles. The van der Waals surface area contributed by atoms with Crippen molar-refractivity contribution in [1.82, 2.24) is 9.97 Å². The number of nitrogens with zero attached hydrogens (tertiary/aromatic N) is 1. The maximum absolute atomic E-state index is 11.9. The smallest absolute Gasteiger partial charge is 0.253 e. The Labute approximate surface area is 135 Å². The zero-order valence-corrected chi connectivity index (χ0v) is 13.1. The lowest BCUT2D eigenvalue weighted by molar-refractivity contribution is -0.113. The number of nitrogens with two attached hydrogens (primary N) is 1. The number of nitrogens with one attached hydrogen (secondary N) is 2. The van der Waals surface area contributed by atoms with E-state index in [1.807, 2.05) is 0 Å². The molecule has 9 heteroatoms. The van der Waals surface area contributed by atoms with Gasteiger partial charge in [0.1, 0.15) is 11.6 Å². The lowest BCUT2D eigenvalue weighted by Gasteiger charge is -2.08. The molecule has 116 valence electrons. The van der Waals surface area contributed by atoms with Crippen molar-refractivity contribution in [1.29, 1.82) is 0 Å². The highest BCUT2D eigenvalue weighted by molar-refractivity contribution is 7.99. The van der Waals surface area contributed by atoms with Gasteiger partial charge in [0.15, 0.2) is 5.16 Å². The summed E-state index contributed by atoms with van der Waals surface area (Å²) in [5.41, 5.74) is 5.64. The van der Waals surface area contributed by atoms with E-state index in [-0.39, 0.29) is 28.2 Å². The number of carbonyl (C=O) groups is 1. The first-order valence-electron chi connectivity index (χ1n) is 6.11. The molecule has 22 heavy (non-hydrogen) atoms. The lowest BCUT2D eigenvalue weighted by Crippen LogP contribution is -2.15. The van der Waals surface area contributed by atoms with E-state index in [2.05, 4.69) is 15.3 Å². The van der Waals surface area contributed by atoms with Gasteiger partial charge in [-0.15, -0.1) is 0 Å². The molecule has 4 N–H and O–H groups in total. The fourth-order valence-electron chi connectivity index (χ4n) is 1.60. The highest BCUT2D eigenvalue weighted by Crippen LogP contribution is 2.27. The van der Waals surface area contributed by atoms with Crippen LogP contribution in [0.3, 0.4) is 0 Å². The highest BCUT2D eigenvalue weighted by Gasteiger charge is 2.08. The van der Waals surface area contributed by atoms with E-state index >= 15 is 0 Å². The summed E-state index contributed by atoms with van der Waals surface area (Å²) in [7, 11) is 1.51. The molecule has 0 bridgehead atoms. The van der Waals surface area contributed by atoms with Crippen LogP contribution in [0.2, 0.25) is 5.02 Å². The van der Waals surface area contributed by atoms with Gasteiger partial charge in [-0.05, 0) is 18.2 Å². The highest BCUT2D eigenvalue weighted by atomic mass is 35.5. The summed E-state index contributed by atoms with van der Waals surface area (Å²) in [6, 6.07) is 6.09. The SMILES string of the molecule is COc1ccc(NC(=O)CSc2nc(N)cc(=O)[nH]2)cc1Cl. The van der Waals surface area contributed by atoms with E-state index in [1.165, 1.54) is 13.2 Å². The third kappa shape index (κ3) is 4.40. The Morgan fingerprint density at radius 2 is 2.27 bits per heavy atom. The fraction of sp³-hybridized carbons (Fsp3) is 0.154. The molecule has 0 unspecified atom stereocenters. The zero-order chi connectivity index (χ0) is 16.1. The molecule has 2 rings (SSSR count). The van der Waals surface area contributed by atoms with Gasteiger partial charge in [-0.3, -0.25) is 9.59 Å². The van der Waals surface area contributed by atoms with Gasteiger partial charge >= 0.3 is 0 Å². The van der Waals surface area contributed by atoms with Crippen LogP contribution in [0, 0.1) is 0 Å². The molecule has 0 saturated heterocycles. The summed E-state index contributed by atoms with van der Waals surface area (Å²) in [5.74, 6) is 0.427. The Morgan fingerprint density at radius 1 is 1.50 bits per heavy atom. The Kier molecular flexibility index (Phi) is 5.29.